The van der Waals surface area contributed by atoms with Crippen molar-refractivity contribution >= 4 is 39.2 Å². The molecule has 0 aliphatic carbocycles. The van der Waals surface area contributed by atoms with Crippen molar-refractivity contribution in [2.24, 2.45) is 0 Å². The third-order valence-electron chi connectivity index (χ3n) is 3.55. The second kappa shape index (κ2) is 9.38. The maximum Gasteiger partial charge on any atom is 0.331 e. The van der Waals surface area contributed by atoms with Crippen LogP contribution in [0.2, 0.25) is 0 Å². The van der Waals surface area contributed by atoms with Crippen LogP contribution in [0.25, 0.3) is 0 Å². The predicted molar refractivity (Wildman–Crippen MR) is 106 cm³/mol. The van der Waals surface area contributed by atoms with Crippen LogP contribution >= 0.6 is 11.8 Å². The summed E-state index contributed by atoms with van der Waals surface area (Å²) >= 11 is 1.37. The predicted octanol–water partition coefficient (Wildman–Crippen LogP) is 3.11. The molecule has 0 bridgehead atoms. The van der Waals surface area contributed by atoms with E-state index in [2.05, 4.69) is 0 Å². The van der Waals surface area contributed by atoms with Crippen LogP contribution in [0.3, 0.4) is 0 Å². The number of carbonyl (C=O) groups is 2. The highest BCUT2D eigenvalue weighted by atomic mass is 32.2. The van der Waals surface area contributed by atoms with Crippen LogP contribution in [0.5, 0.6) is 0 Å². The Labute approximate surface area is 162 Å². The van der Waals surface area contributed by atoms with Crippen molar-refractivity contribution in [2.45, 2.75) is 4.90 Å². The van der Waals surface area contributed by atoms with Gasteiger partial charge in [-0.2, -0.15) is 0 Å². The zero-order valence-electron chi connectivity index (χ0n) is 14.9. The first-order chi connectivity index (χ1) is 12.8. The molecule has 0 spiro atoms. The summed E-state index contributed by atoms with van der Waals surface area (Å²) in [6.07, 6.45) is 2.35. The average molecular weight is 405 g/mol. The molecule has 8 heteroatoms. The Bertz CT molecular complexity index is 922. The number of benzene rings is 2. The number of ether oxygens (including phenoxy) is 1. The van der Waals surface area contributed by atoms with Crippen molar-refractivity contribution in [1.29, 1.82) is 0 Å². The number of esters is 1. The number of Topliss-reactive ketones (excluding diaryl/α,β-unsaturated/α-hetero) is 1. The molecule has 2 aromatic rings. The average Bonchev–Trinajstić information content (AvgIpc) is 2.66. The molecule has 0 saturated carbocycles. The fraction of sp³-hybridized carbons (Fsp3) is 0.158. The summed E-state index contributed by atoms with van der Waals surface area (Å²) in [4.78, 5) is 24.7. The SMILES string of the molecule is CN(c1ccc(C(=O)COC(=O)/C=C/Sc2ccccc2)cc1)S(C)(=O)=O. The Hall–Kier alpha value is -2.58. The Morgan fingerprint density at radius 3 is 2.30 bits per heavy atom. The van der Waals surface area contributed by atoms with Gasteiger partial charge in [0, 0.05) is 23.6 Å². The third-order valence-corrected chi connectivity index (χ3v) is 5.57. The van der Waals surface area contributed by atoms with Gasteiger partial charge in [0.05, 0.1) is 11.9 Å². The Balaban J connectivity index is 1.85. The molecule has 0 aliphatic heterocycles. The molecule has 0 fully saturated rings. The number of anilines is 1. The second-order valence-electron chi connectivity index (χ2n) is 5.54. The summed E-state index contributed by atoms with van der Waals surface area (Å²) in [6.45, 7) is -0.388. The van der Waals surface area contributed by atoms with Gasteiger partial charge in [-0.1, -0.05) is 30.0 Å². The molecule has 2 rings (SSSR count). The molecule has 0 atom stereocenters. The van der Waals surface area contributed by atoms with Gasteiger partial charge in [0.1, 0.15) is 0 Å². The van der Waals surface area contributed by atoms with Gasteiger partial charge in [0.2, 0.25) is 10.0 Å². The van der Waals surface area contributed by atoms with E-state index in [4.69, 9.17) is 4.74 Å². The highest BCUT2D eigenvalue weighted by molar-refractivity contribution is 8.02. The molecule has 0 amide bonds. The fourth-order valence-corrected chi connectivity index (χ4v) is 3.14. The number of nitrogens with zero attached hydrogens (tertiary/aromatic N) is 1. The maximum absolute atomic E-state index is 12.1. The van der Waals surface area contributed by atoms with Crippen molar-refractivity contribution < 1.29 is 22.7 Å². The van der Waals surface area contributed by atoms with Crippen LogP contribution in [0, 0.1) is 0 Å². The van der Waals surface area contributed by atoms with Gasteiger partial charge in [-0.05, 0) is 41.8 Å². The van der Waals surface area contributed by atoms with Gasteiger partial charge in [0.25, 0.3) is 0 Å². The standard InChI is InChI=1S/C19H19NO5S2/c1-20(27(2,23)24)16-10-8-15(9-11-16)18(21)14-25-19(22)12-13-26-17-6-4-3-5-7-17/h3-13H,14H2,1-2H3/b13-12+. The lowest BCUT2D eigenvalue weighted by Gasteiger charge is -2.16. The van der Waals surface area contributed by atoms with Crippen LogP contribution in [0.1, 0.15) is 10.4 Å². The van der Waals surface area contributed by atoms with E-state index in [1.165, 1.54) is 49.2 Å². The second-order valence-corrected chi connectivity index (χ2v) is 8.53. The Morgan fingerprint density at radius 2 is 1.70 bits per heavy atom. The topological polar surface area (TPSA) is 80.8 Å². The summed E-state index contributed by atoms with van der Waals surface area (Å²) in [5, 5.41) is 1.60. The molecule has 142 valence electrons. The van der Waals surface area contributed by atoms with Crippen LogP contribution in [0.4, 0.5) is 5.69 Å². The van der Waals surface area contributed by atoms with E-state index in [1.54, 1.807) is 5.41 Å². The van der Waals surface area contributed by atoms with Gasteiger partial charge < -0.3 is 4.74 Å². The van der Waals surface area contributed by atoms with Gasteiger partial charge >= 0.3 is 5.97 Å². The van der Waals surface area contributed by atoms with Crippen molar-refractivity contribution in [3.63, 3.8) is 0 Å². The zero-order chi connectivity index (χ0) is 19.9. The number of rotatable bonds is 8. The fourth-order valence-electron chi connectivity index (χ4n) is 1.98. The number of carbonyl (C=O) groups excluding carboxylic acids is 2. The minimum atomic E-state index is -3.37. The van der Waals surface area contributed by atoms with Crippen LogP contribution in [-0.2, 0) is 19.6 Å². The first-order valence-electron chi connectivity index (χ1n) is 7.89. The van der Waals surface area contributed by atoms with Crippen molar-refractivity contribution in [3.8, 4) is 0 Å². The van der Waals surface area contributed by atoms with E-state index in [9.17, 15) is 18.0 Å². The summed E-state index contributed by atoms with van der Waals surface area (Å²) in [7, 11) is -1.95. The molecular formula is C19H19NO5S2. The van der Waals surface area contributed by atoms with Crippen molar-refractivity contribution in [3.05, 3.63) is 71.6 Å². The summed E-state index contributed by atoms with van der Waals surface area (Å²) < 4.78 is 29.0. The first-order valence-corrected chi connectivity index (χ1v) is 10.6. The van der Waals surface area contributed by atoms with E-state index in [0.717, 1.165) is 15.5 Å². The van der Waals surface area contributed by atoms with E-state index in [0.29, 0.717) is 11.3 Å². The largest absolute Gasteiger partial charge is 0.454 e. The van der Waals surface area contributed by atoms with Gasteiger partial charge in [-0.3, -0.25) is 9.10 Å². The number of sulfonamides is 1. The molecule has 0 N–H and O–H groups in total. The summed E-state index contributed by atoms with van der Waals surface area (Å²) in [6, 6.07) is 15.5. The minimum Gasteiger partial charge on any atom is -0.454 e. The van der Waals surface area contributed by atoms with Crippen LogP contribution < -0.4 is 4.31 Å². The van der Waals surface area contributed by atoms with E-state index in [-0.39, 0.29) is 12.4 Å². The van der Waals surface area contributed by atoms with Gasteiger partial charge in [-0.15, -0.1) is 0 Å². The molecule has 0 unspecified atom stereocenters. The lowest BCUT2D eigenvalue weighted by molar-refractivity contribution is -0.136. The third kappa shape index (κ3) is 6.58. The quantitative estimate of drug-likeness (QED) is 0.291. The molecule has 2 aromatic carbocycles. The minimum absolute atomic E-state index is 0.330. The van der Waals surface area contributed by atoms with E-state index >= 15 is 0 Å². The van der Waals surface area contributed by atoms with Gasteiger partial charge in [-0.25, -0.2) is 13.2 Å². The normalized spacial score (nSPS) is 11.3. The monoisotopic (exact) mass is 405 g/mol. The highest BCUT2D eigenvalue weighted by Crippen LogP contribution is 2.18. The first kappa shape index (κ1) is 20.7. The molecule has 0 saturated heterocycles. The van der Waals surface area contributed by atoms with E-state index in [1.807, 2.05) is 30.3 Å². The van der Waals surface area contributed by atoms with Crippen LogP contribution in [-0.4, -0.2) is 40.1 Å². The zero-order valence-corrected chi connectivity index (χ0v) is 16.5. The van der Waals surface area contributed by atoms with Gasteiger partial charge in [0.15, 0.2) is 12.4 Å². The van der Waals surface area contributed by atoms with Crippen molar-refractivity contribution in [2.75, 3.05) is 24.2 Å². The number of hydrogen-bond acceptors (Lipinski definition) is 6. The van der Waals surface area contributed by atoms with Crippen LogP contribution in [0.15, 0.2) is 71.0 Å². The molecule has 27 heavy (non-hydrogen) atoms. The molecule has 0 radical (unpaired) electrons. The molecular weight excluding hydrogens is 386 g/mol. The lowest BCUT2D eigenvalue weighted by atomic mass is 10.1. The Kier molecular flexibility index (Phi) is 7.20. The highest BCUT2D eigenvalue weighted by Gasteiger charge is 2.13. The molecule has 0 heterocycles. The molecule has 6 nitrogen and oxygen atoms in total. The molecule has 0 aliphatic rings. The Morgan fingerprint density at radius 1 is 1.07 bits per heavy atom. The number of hydrogen-bond donors (Lipinski definition) is 0. The lowest BCUT2D eigenvalue weighted by Crippen LogP contribution is -2.24. The number of ketones is 1. The molecule has 0 aromatic heterocycles. The summed E-state index contributed by atoms with van der Waals surface area (Å²) in [5.74, 6) is -0.985. The van der Waals surface area contributed by atoms with E-state index < -0.39 is 16.0 Å². The summed E-state index contributed by atoms with van der Waals surface area (Å²) in [5.41, 5.74) is 0.767. The smallest absolute Gasteiger partial charge is 0.331 e. The van der Waals surface area contributed by atoms with Crippen molar-refractivity contribution in [1.82, 2.24) is 0 Å². The maximum atomic E-state index is 12.1. The number of thioether (sulfide) groups is 1.